The Labute approximate surface area is 156 Å². The van der Waals surface area contributed by atoms with Crippen molar-refractivity contribution in [3.8, 4) is 0 Å². The zero-order valence-electron chi connectivity index (χ0n) is 15.1. The fraction of sp³-hybridized carbons (Fsp3) is 0.316. The molecule has 0 spiro atoms. The van der Waals surface area contributed by atoms with Crippen molar-refractivity contribution in [2.45, 2.75) is 32.4 Å². The summed E-state index contributed by atoms with van der Waals surface area (Å²) in [4.78, 5) is 40.4. The number of benzene rings is 1. The molecule has 0 unspecified atom stereocenters. The molecule has 3 rings (SSSR count). The molecule has 1 aromatic carbocycles. The van der Waals surface area contributed by atoms with Crippen LogP contribution in [0.1, 0.15) is 44.8 Å². The highest BCUT2D eigenvalue weighted by molar-refractivity contribution is 5.96. The number of hydrogen-bond donors (Lipinski definition) is 1. The molecule has 2 amide bonds. The van der Waals surface area contributed by atoms with Gasteiger partial charge in [-0.25, -0.2) is 0 Å². The average molecular weight is 368 g/mol. The Morgan fingerprint density at radius 2 is 1.96 bits per heavy atom. The maximum atomic E-state index is 12.6. The van der Waals surface area contributed by atoms with Gasteiger partial charge in [0.25, 0.3) is 17.5 Å². The first-order valence-corrected chi connectivity index (χ1v) is 8.61. The first kappa shape index (κ1) is 18.5. The highest BCUT2D eigenvalue weighted by atomic mass is 16.6. The smallest absolute Gasteiger partial charge is 0.288 e. The Balaban J connectivity index is 1.68. The quantitative estimate of drug-likeness (QED) is 0.623. The van der Waals surface area contributed by atoms with Gasteiger partial charge in [-0.2, -0.15) is 0 Å². The first-order chi connectivity index (χ1) is 12.8. The lowest BCUT2D eigenvalue weighted by atomic mass is 10.1. The standard InChI is InChI=1S/C19H20N4O4/c1-12-17(9-16(10-20-12)23(26)27)19(25)22(2)11-13-3-5-14(6-4-13)18(24)21-15-7-8-15/h3-6,9-10,15H,7-8,11H2,1-2H3,(H,21,24). The molecule has 27 heavy (non-hydrogen) atoms. The summed E-state index contributed by atoms with van der Waals surface area (Å²) >= 11 is 0. The topological polar surface area (TPSA) is 105 Å². The Hall–Kier alpha value is -3.29. The molecule has 8 heteroatoms. The fourth-order valence-electron chi connectivity index (χ4n) is 2.65. The first-order valence-electron chi connectivity index (χ1n) is 8.61. The number of nitro groups is 1. The van der Waals surface area contributed by atoms with Crippen LogP contribution in [0.15, 0.2) is 36.5 Å². The molecule has 1 aliphatic rings. The minimum absolute atomic E-state index is 0.0909. The fourth-order valence-corrected chi connectivity index (χ4v) is 2.65. The van der Waals surface area contributed by atoms with Crippen LogP contribution in [0.25, 0.3) is 0 Å². The van der Waals surface area contributed by atoms with Crippen molar-refractivity contribution in [2.24, 2.45) is 0 Å². The summed E-state index contributed by atoms with van der Waals surface area (Å²) in [6.45, 7) is 1.95. The molecule has 1 heterocycles. The van der Waals surface area contributed by atoms with Crippen LogP contribution < -0.4 is 5.32 Å². The van der Waals surface area contributed by atoms with Gasteiger partial charge in [-0.05, 0) is 37.5 Å². The van der Waals surface area contributed by atoms with Crippen molar-refractivity contribution < 1.29 is 14.5 Å². The lowest BCUT2D eigenvalue weighted by Gasteiger charge is -2.18. The third-order valence-corrected chi connectivity index (χ3v) is 4.41. The summed E-state index contributed by atoms with van der Waals surface area (Å²) in [5, 5.41) is 13.8. The third-order valence-electron chi connectivity index (χ3n) is 4.41. The SMILES string of the molecule is Cc1ncc([N+](=O)[O-])cc1C(=O)N(C)Cc1ccc(C(=O)NC2CC2)cc1. The molecule has 0 bridgehead atoms. The average Bonchev–Trinajstić information content (AvgIpc) is 3.45. The number of aromatic nitrogens is 1. The van der Waals surface area contributed by atoms with E-state index < -0.39 is 4.92 Å². The number of nitrogens with one attached hydrogen (secondary N) is 1. The van der Waals surface area contributed by atoms with Crippen LogP contribution in [0.4, 0.5) is 5.69 Å². The maximum Gasteiger partial charge on any atom is 0.288 e. The summed E-state index contributed by atoms with van der Waals surface area (Å²) < 4.78 is 0. The van der Waals surface area contributed by atoms with Crippen LogP contribution in [0.2, 0.25) is 0 Å². The zero-order valence-corrected chi connectivity index (χ0v) is 15.1. The molecular weight excluding hydrogens is 348 g/mol. The van der Waals surface area contributed by atoms with E-state index in [9.17, 15) is 19.7 Å². The monoisotopic (exact) mass is 368 g/mol. The van der Waals surface area contributed by atoms with Gasteiger partial charge in [0, 0.05) is 31.3 Å². The molecule has 2 aromatic rings. The molecule has 1 saturated carbocycles. The van der Waals surface area contributed by atoms with Gasteiger partial charge in [0.15, 0.2) is 0 Å². The number of rotatable bonds is 6. The molecule has 1 aliphatic carbocycles. The summed E-state index contributed by atoms with van der Waals surface area (Å²) in [5.74, 6) is -0.439. The predicted octanol–water partition coefficient (Wildman–Crippen LogP) is 2.46. The van der Waals surface area contributed by atoms with E-state index >= 15 is 0 Å². The van der Waals surface area contributed by atoms with E-state index in [1.54, 1.807) is 38.2 Å². The van der Waals surface area contributed by atoms with Crippen LogP contribution in [-0.4, -0.2) is 39.7 Å². The molecule has 0 saturated heterocycles. The normalized spacial score (nSPS) is 13.1. The van der Waals surface area contributed by atoms with Crippen molar-refractivity contribution in [3.05, 3.63) is 69.0 Å². The number of amides is 2. The molecule has 8 nitrogen and oxygen atoms in total. The van der Waals surface area contributed by atoms with Crippen molar-refractivity contribution in [1.29, 1.82) is 0 Å². The lowest BCUT2D eigenvalue weighted by Crippen LogP contribution is -2.27. The second-order valence-corrected chi connectivity index (χ2v) is 6.69. The maximum absolute atomic E-state index is 12.6. The second kappa shape index (κ2) is 7.53. The van der Waals surface area contributed by atoms with E-state index in [0.717, 1.165) is 24.6 Å². The summed E-state index contributed by atoms with van der Waals surface area (Å²) in [6, 6.07) is 8.59. The van der Waals surface area contributed by atoms with E-state index in [-0.39, 0.29) is 23.1 Å². The molecular formula is C19H20N4O4. The molecule has 1 fully saturated rings. The Morgan fingerprint density at radius 3 is 2.56 bits per heavy atom. The second-order valence-electron chi connectivity index (χ2n) is 6.69. The molecule has 1 aromatic heterocycles. The third kappa shape index (κ3) is 4.46. The van der Waals surface area contributed by atoms with Crippen LogP contribution in [0.3, 0.4) is 0 Å². The number of pyridine rings is 1. The van der Waals surface area contributed by atoms with Gasteiger partial charge in [-0.1, -0.05) is 12.1 Å². The Bertz CT molecular complexity index is 891. The van der Waals surface area contributed by atoms with Crippen LogP contribution in [-0.2, 0) is 6.54 Å². The van der Waals surface area contributed by atoms with E-state index in [0.29, 0.717) is 23.8 Å². The van der Waals surface area contributed by atoms with Gasteiger partial charge in [0.05, 0.1) is 16.2 Å². The van der Waals surface area contributed by atoms with Gasteiger partial charge in [-0.15, -0.1) is 0 Å². The van der Waals surface area contributed by atoms with Gasteiger partial charge in [0.1, 0.15) is 6.20 Å². The van der Waals surface area contributed by atoms with E-state index in [1.807, 2.05) is 0 Å². The van der Waals surface area contributed by atoms with Crippen molar-refractivity contribution in [2.75, 3.05) is 7.05 Å². The summed E-state index contributed by atoms with van der Waals surface area (Å²) in [5.41, 5.74) is 1.85. The van der Waals surface area contributed by atoms with Crippen LogP contribution >= 0.6 is 0 Å². The number of hydrogen-bond acceptors (Lipinski definition) is 5. The Kier molecular flexibility index (Phi) is 5.16. The lowest BCUT2D eigenvalue weighted by molar-refractivity contribution is -0.385. The Morgan fingerprint density at radius 1 is 1.30 bits per heavy atom. The number of aryl methyl sites for hydroxylation is 1. The van der Waals surface area contributed by atoms with Crippen molar-refractivity contribution >= 4 is 17.5 Å². The van der Waals surface area contributed by atoms with Crippen LogP contribution in [0.5, 0.6) is 0 Å². The minimum atomic E-state index is -0.575. The molecule has 0 atom stereocenters. The van der Waals surface area contributed by atoms with Gasteiger partial charge >= 0.3 is 0 Å². The largest absolute Gasteiger partial charge is 0.349 e. The molecule has 1 N–H and O–H groups in total. The molecule has 0 radical (unpaired) electrons. The van der Waals surface area contributed by atoms with Crippen molar-refractivity contribution in [1.82, 2.24) is 15.2 Å². The zero-order chi connectivity index (χ0) is 19.6. The highest BCUT2D eigenvalue weighted by Crippen LogP contribution is 2.20. The number of carbonyl (C=O) groups excluding carboxylic acids is 2. The minimum Gasteiger partial charge on any atom is -0.349 e. The predicted molar refractivity (Wildman–Crippen MR) is 98.4 cm³/mol. The summed E-state index contributed by atoms with van der Waals surface area (Å²) in [6.07, 6.45) is 3.20. The molecule has 140 valence electrons. The number of nitrogens with zero attached hydrogens (tertiary/aromatic N) is 3. The van der Waals surface area contributed by atoms with E-state index in [4.69, 9.17) is 0 Å². The van der Waals surface area contributed by atoms with Crippen LogP contribution in [0, 0.1) is 17.0 Å². The van der Waals surface area contributed by atoms with Gasteiger partial charge in [-0.3, -0.25) is 24.7 Å². The summed E-state index contributed by atoms with van der Waals surface area (Å²) in [7, 11) is 1.62. The molecule has 0 aliphatic heterocycles. The van der Waals surface area contributed by atoms with Gasteiger partial charge < -0.3 is 10.2 Å². The van der Waals surface area contributed by atoms with E-state index in [2.05, 4.69) is 10.3 Å². The van der Waals surface area contributed by atoms with E-state index in [1.165, 1.54) is 11.0 Å². The highest BCUT2D eigenvalue weighted by Gasteiger charge is 2.24. The van der Waals surface area contributed by atoms with Gasteiger partial charge in [0.2, 0.25) is 0 Å². The van der Waals surface area contributed by atoms with Crippen molar-refractivity contribution in [3.63, 3.8) is 0 Å². The number of carbonyl (C=O) groups is 2.